The summed E-state index contributed by atoms with van der Waals surface area (Å²) in [6.07, 6.45) is -4.39. The van der Waals surface area contributed by atoms with E-state index < -0.39 is 11.7 Å². The molecule has 0 aliphatic carbocycles. The van der Waals surface area contributed by atoms with Crippen LogP contribution >= 0.6 is 23.2 Å². The molecule has 0 unspecified atom stereocenters. The minimum absolute atomic E-state index is 0.243. The lowest BCUT2D eigenvalue weighted by Crippen LogP contribution is -2.07. The first-order chi connectivity index (χ1) is 9.36. The van der Waals surface area contributed by atoms with Crippen LogP contribution in [0.3, 0.4) is 0 Å². The molecule has 1 nitrogen and oxygen atoms in total. The van der Waals surface area contributed by atoms with E-state index in [1.807, 2.05) is 0 Å². The van der Waals surface area contributed by atoms with Gasteiger partial charge >= 0.3 is 6.18 Å². The van der Waals surface area contributed by atoms with E-state index in [2.05, 4.69) is 5.32 Å². The molecule has 2 aromatic carbocycles. The Kier molecular flexibility index (Phi) is 4.45. The molecule has 0 atom stereocenters. The lowest BCUT2D eigenvalue weighted by molar-refractivity contribution is -0.137. The van der Waals surface area contributed by atoms with Gasteiger partial charge in [0.25, 0.3) is 0 Å². The number of alkyl halides is 3. The van der Waals surface area contributed by atoms with Crippen molar-refractivity contribution in [3.8, 4) is 0 Å². The van der Waals surface area contributed by atoms with Gasteiger partial charge in [0.1, 0.15) is 0 Å². The van der Waals surface area contributed by atoms with Gasteiger partial charge in [-0.1, -0.05) is 35.3 Å². The van der Waals surface area contributed by atoms with Gasteiger partial charge in [-0.05, 0) is 35.9 Å². The highest BCUT2D eigenvalue weighted by Gasteiger charge is 2.30. The minimum Gasteiger partial charge on any atom is -0.380 e. The molecule has 0 spiro atoms. The van der Waals surface area contributed by atoms with Gasteiger partial charge < -0.3 is 5.32 Å². The van der Waals surface area contributed by atoms with Crippen molar-refractivity contribution in [3.05, 3.63) is 63.6 Å². The molecule has 0 bridgehead atoms. The summed E-state index contributed by atoms with van der Waals surface area (Å²) in [6, 6.07) is 10.2. The summed E-state index contributed by atoms with van der Waals surface area (Å²) in [5, 5.41) is 3.73. The molecule has 0 fully saturated rings. The van der Waals surface area contributed by atoms with Crippen molar-refractivity contribution in [3.63, 3.8) is 0 Å². The highest BCUT2D eigenvalue weighted by molar-refractivity contribution is 6.33. The molecule has 0 saturated heterocycles. The van der Waals surface area contributed by atoms with E-state index in [0.29, 0.717) is 11.6 Å². The molecular weight excluding hydrogens is 310 g/mol. The zero-order chi connectivity index (χ0) is 14.8. The van der Waals surface area contributed by atoms with Crippen LogP contribution in [0, 0.1) is 0 Å². The third-order valence-electron chi connectivity index (χ3n) is 2.69. The Hall–Kier alpha value is -1.39. The van der Waals surface area contributed by atoms with Crippen molar-refractivity contribution in [1.29, 1.82) is 0 Å². The number of hydrogen-bond acceptors (Lipinski definition) is 1. The fourth-order valence-electron chi connectivity index (χ4n) is 1.64. The molecule has 2 aromatic rings. The zero-order valence-electron chi connectivity index (χ0n) is 10.1. The molecule has 20 heavy (non-hydrogen) atoms. The fourth-order valence-corrected chi connectivity index (χ4v) is 1.95. The molecule has 2 rings (SSSR count). The molecule has 0 aliphatic rings. The van der Waals surface area contributed by atoms with Crippen LogP contribution in [-0.4, -0.2) is 0 Å². The summed E-state index contributed by atoms with van der Waals surface area (Å²) < 4.78 is 37.9. The van der Waals surface area contributed by atoms with E-state index in [4.69, 9.17) is 23.2 Å². The van der Waals surface area contributed by atoms with Crippen LogP contribution in [0.25, 0.3) is 0 Å². The highest BCUT2D eigenvalue weighted by Crippen LogP contribution is 2.33. The Morgan fingerprint density at radius 3 is 2.20 bits per heavy atom. The van der Waals surface area contributed by atoms with Crippen LogP contribution in [0.2, 0.25) is 10.0 Å². The van der Waals surface area contributed by atoms with Crippen LogP contribution in [0.4, 0.5) is 18.9 Å². The fraction of sp³-hybridized carbons (Fsp3) is 0.143. The lowest BCUT2D eigenvalue weighted by atomic mass is 10.1. The zero-order valence-corrected chi connectivity index (χ0v) is 11.7. The van der Waals surface area contributed by atoms with Crippen LogP contribution in [0.5, 0.6) is 0 Å². The summed E-state index contributed by atoms with van der Waals surface area (Å²) in [5.41, 5.74) is 0.403. The van der Waals surface area contributed by atoms with Gasteiger partial charge in [-0.25, -0.2) is 0 Å². The average molecular weight is 320 g/mol. The van der Waals surface area contributed by atoms with E-state index in [1.54, 1.807) is 24.3 Å². The van der Waals surface area contributed by atoms with E-state index in [1.165, 1.54) is 6.07 Å². The Balaban J connectivity index is 2.14. The van der Waals surface area contributed by atoms with E-state index in [-0.39, 0.29) is 10.7 Å². The average Bonchev–Trinajstić information content (AvgIpc) is 2.38. The molecule has 0 aliphatic heterocycles. The van der Waals surface area contributed by atoms with Crippen molar-refractivity contribution in [1.82, 2.24) is 0 Å². The summed E-state index contributed by atoms with van der Waals surface area (Å²) in [6.45, 7) is 0.359. The van der Waals surface area contributed by atoms with Gasteiger partial charge in [0.15, 0.2) is 0 Å². The second-order valence-electron chi connectivity index (χ2n) is 4.17. The number of hydrogen-bond donors (Lipinski definition) is 1. The molecule has 0 radical (unpaired) electrons. The first kappa shape index (κ1) is 15.0. The summed E-state index contributed by atoms with van der Waals surface area (Å²) in [5.74, 6) is 0. The number of benzene rings is 2. The standard InChI is InChI=1S/C14H10Cl2F3N/c15-11-4-1-9(2-5-11)8-20-13-7-10(14(17,18)19)3-6-12(13)16/h1-7,20H,8H2. The second kappa shape index (κ2) is 5.94. The monoisotopic (exact) mass is 319 g/mol. The van der Waals surface area contributed by atoms with E-state index in [9.17, 15) is 13.2 Å². The maximum Gasteiger partial charge on any atom is 0.416 e. The van der Waals surface area contributed by atoms with Gasteiger partial charge in [0, 0.05) is 11.6 Å². The maximum absolute atomic E-state index is 12.6. The SMILES string of the molecule is FC(F)(F)c1ccc(Cl)c(NCc2ccc(Cl)cc2)c1. The van der Waals surface area contributed by atoms with Gasteiger partial charge in [-0.15, -0.1) is 0 Å². The van der Waals surface area contributed by atoms with Crippen LogP contribution in [0.15, 0.2) is 42.5 Å². The Morgan fingerprint density at radius 1 is 0.950 bits per heavy atom. The molecule has 0 saturated carbocycles. The van der Waals surface area contributed by atoms with Crippen LogP contribution in [0.1, 0.15) is 11.1 Å². The van der Waals surface area contributed by atoms with Crippen LogP contribution < -0.4 is 5.32 Å². The largest absolute Gasteiger partial charge is 0.416 e. The lowest BCUT2D eigenvalue weighted by Gasteiger charge is -2.12. The van der Waals surface area contributed by atoms with Gasteiger partial charge in [-0.3, -0.25) is 0 Å². The predicted octanol–water partition coefficient (Wildman–Crippen LogP) is 5.62. The van der Waals surface area contributed by atoms with Crippen molar-refractivity contribution < 1.29 is 13.2 Å². The van der Waals surface area contributed by atoms with E-state index in [0.717, 1.165) is 17.7 Å². The predicted molar refractivity (Wildman–Crippen MR) is 75.2 cm³/mol. The second-order valence-corrected chi connectivity index (χ2v) is 5.02. The van der Waals surface area contributed by atoms with Gasteiger partial charge in [-0.2, -0.15) is 13.2 Å². The minimum atomic E-state index is -4.39. The van der Waals surface area contributed by atoms with Crippen LogP contribution in [-0.2, 0) is 12.7 Å². The molecule has 1 N–H and O–H groups in total. The van der Waals surface area contributed by atoms with Crippen molar-refractivity contribution >= 4 is 28.9 Å². The maximum atomic E-state index is 12.6. The number of rotatable bonds is 3. The summed E-state index contributed by atoms with van der Waals surface area (Å²) >= 11 is 11.6. The number of halogens is 5. The summed E-state index contributed by atoms with van der Waals surface area (Å²) in [7, 11) is 0. The molecular formula is C14H10Cl2F3N. The highest BCUT2D eigenvalue weighted by atomic mass is 35.5. The van der Waals surface area contributed by atoms with Gasteiger partial charge in [0.2, 0.25) is 0 Å². The smallest absolute Gasteiger partial charge is 0.380 e. The molecule has 0 heterocycles. The first-order valence-corrected chi connectivity index (χ1v) is 6.47. The Bertz CT molecular complexity index is 594. The normalized spacial score (nSPS) is 11.4. The Morgan fingerprint density at radius 2 is 1.60 bits per heavy atom. The first-order valence-electron chi connectivity index (χ1n) is 5.71. The van der Waals surface area contributed by atoms with Crippen molar-refractivity contribution in [2.45, 2.75) is 12.7 Å². The van der Waals surface area contributed by atoms with Crippen molar-refractivity contribution in [2.75, 3.05) is 5.32 Å². The molecule has 0 aromatic heterocycles. The third-order valence-corrected chi connectivity index (χ3v) is 3.27. The number of nitrogens with one attached hydrogen (secondary N) is 1. The van der Waals surface area contributed by atoms with Gasteiger partial charge in [0.05, 0.1) is 16.3 Å². The Labute approximate surface area is 124 Å². The molecule has 0 amide bonds. The van der Waals surface area contributed by atoms with Crippen molar-refractivity contribution in [2.24, 2.45) is 0 Å². The topological polar surface area (TPSA) is 12.0 Å². The molecule has 6 heteroatoms. The van der Waals surface area contributed by atoms with E-state index >= 15 is 0 Å². The third kappa shape index (κ3) is 3.81. The quantitative estimate of drug-likeness (QED) is 0.773. The number of anilines is 1. The molecule has 106 valence electrons. The summed E-state index contributed by atoms with van der Waals surface area (Å²) in [4.78, 5) is 0.